The molecule has 7 heteroatoms. The van der Waals surface area contributed by atoms with Crippen molar-refractivity contribution in [3.05, 3.63) is 58.1 Å². The molecule has 1 heterocycles. The lowest BCUT2D eigenvalue weighted by molar-refractivity contribution is -0.126. The monoisotopic (exact) mass is 434 g/mol. The minimum Gasteiger partial charge on any atom is -0.489 e. The maximum Gasteiger partial charge on any atom is 0.227 e. The average molecular weight is 435 g/mol. The summed E-state index contributed by atoms with van der Waals surface area (Å²) in [4.78, 5) is 26.3. The van der Waals surface area contributed by atoms with Crippen LogP contribution in [0.5, 0.6) is 5.75 Å². The molecule has 1 saturated heterocycles. The van der Waals surface area contributed by atoms with Gasteiger partial charge in [0.1, 0.15) is 12.4 Å². The Kier molecular flexibility index (Phi) is 7.04. The number of hydrogen-bond donors (Lipinski definition) is 1. The molecule has 29 heavy (non-hydrogen) atoms. The van der Waals surface area contributed by atoms with E-state index < -0.39 is 0 Å². The van der Waals surface area contributed by atoms with Gasteiger partial charge in [-0.15, -0.1) is 0 Å². The quantitative estimate of drug-likeness (QED) is 0.686. The molecule has 1 aliphatic heterocycles. The molecule has 1 N–H and O–H groups in total. The van der Waals surface area contributed by atoms with Crippen LogP contribution in [0.3, 0.4) is 0 Å². The normalized spacial score (nSPS) is 16.4. The lowest BCUT2D eigenvalue weighted by Gasteiger charge is -2.18. The smallest absolute Gasteiger partial charge is 0.227 e. The molecule has 2 amide bonds. The van der Waals surface area contributed by atoms with E-state index in [9.17, 15) is 9.59 Å². The van der Waals surface area contributed by atoms with Gasteiger partial charge in [0.2, 0.25) is 11.8 Å². The summed E-state index contributed by atoms with van der Waals surface area (Å²) < 4.78 is 5.78. The second-order valence-corrected chi connectivity index (χ2v) is 8.34. The highest BCUT2D eigenvalue weighted by Crippen LogP contribution is 2.29. The summed E-state index contributed by atoms with van der Waals surface area (Å²) in [6.07, 6.45) is 0.229. The molecule has 2 aromatic rings. The molecule has 154 valence electrons. The minimum absolute atomic E-state index is 0.0498. The Bertz CT molecular complexity index is 864. The van der Waals surface area contributed by atoms with Crippen LogP contribution in [0, 0.1) is 11.8 Å². The number of halogens is 2. The van der Waals surface area contributed by atoms with E-state index in [2.05, 4.69) is 5.32 Å². The molecule has 0 aliphatic carbocycles. The number of anilines is 1. The number of carbonyl (C=O) groups is 2. The van der Waals surface area contributed by atoms with Crippen molar-refractivity contribution in [2.24, 2.45) is 11.8 Å². The number of ether oxygens (including phenoxy) is 1. The van der Waals surface area contributed by atoms with E-state index in [1.165, 1.54) is 0 Å². The van der Waals surface area contributed by atoms with Gasteiger partial charge in [0.25, 0.3) is 0 Å². The molecule has 3 rings (SSSR count). The van der Waals surface area contributed by atoms with Crippen molar-refractivity contribution in [1.29, 1.82) is 0 Å². The van der Waals surface area contributed by atoms with Crippen molar-refractivity contribution in [2.45, 2.75) is 26.9 Å². The fourth-order valence-electron chi connectivity index (χ4n) is 3.13. The zero-order valence-electron chi connectivity index (χ0n) is 16.5. The van der Waals surface area contributed by atoms with Crippen molar-refractivity contribution < 1.29 is 14.3 Å². The van der Waals surface area contributed by atoms with Crippen LogP contribution in [-0.2, 0) is 16.2 Å². The fourth-order valence-corrected chi connectivity index (χ4v) is 3.64. The number of carbonyl (C=O) groups excluding carboxylic acids is 2. The zero-order chi connectivity index (χ0) is 21.0. The summed E-state index contributed by atoms with van der Waals surface area (Å²) in [7, 11) is 0. The molecule has 1 atom stereocenters. The Labute approximate surface area is 180 Å². The van der Waals surface area contributed by atoms with Crippen LogP contribution in [0.25, 0.3) is 0 Å². The zero-order valence-corrected chi connectivity index (χ0v) is 18.0. The summed E-state index contributed by atoms with van der Waals surface area (Å²) in [6.45, 7) is 5.33. The van der Waals surface area contributed by atoms with Gasteiger partial charge in [-0.05, 0) is 42.3 Å². The van der Waals surface area contributed by atoms with Crippen LogP contribution in [0.4, 0.5) is 5.69 Å². The van der Waals surface area contributed by atoms with Crippen LogP contribution in [-0.4, -0.2) is 24.9 Å². The molecule has 0 radical (unpaired) electrons. The number of hydrogen-bond acceptors (Lipinski definition) is 3. The summed E-state index contributed by atoms with van der Waals surface area (Å²) >= 11 is 12.3. The van der Waals surface area contributed by atoms with Crippen molar-refractivity contribution >= 4 is 40.7 Å². The van der Waals surface area contributed by atoms with E-state index in [4.69, 9.17) is 27.9 Å². The topological polar surface area (TPSA) is 58.6 Å². The first-order chi connectivity index (χ1) is 13.8. The van der Waals surface area contributed by atoms with E-state index >= 15 is 0 Å². The lowest BCUT2D eigenvalue weighted by atomic mass is 10.1. The Morgan fingerprint density at radius 3 is 2.45 bits per heavy atom. The Balaban J connectivity index is 1.60. The highest BCUT2D eigenvalue weighted by Gasteiger charge is 2.35. The SMILES string of the molecule is CC(C)CNC(=O)[C@@H]1CC(=O)N(c2ccc(OCc3c(Cl)cccc3Cl)cc2)C1. The third-order valence-electron chi connectivity index (χ3n) is 4.77. The van der Waals surface area contributed by atoms with E-state index in [0.29, 0.717) is 34.8 Å². The van der Waals surface area contributed by atoms with Gasteiger partial charge in [0, 0.05) is 40.8 Å². The lowest BCUT2D eigenvalue weighted by Crippen LogP contribution is -2.34. The van der Waals surface area contributed by atoms with Gasteiger partial charge in [-0.3, -0.25) is 9.59 Å². The standard InChI is InChI=1S/C22H24Cl2N2O3/c1-14(2)11-25-22(28)15-10-21(27)26(12-15)16-6-8-17(9-7-16)29-13-18-19(23)4-3-5-20(18)24/h3-9,14-15H,10-13H2,1-2H3,(H,25,28)/t15-/m1/s1. The van der Waals surface area contributed by atoms with Gasteiger partial charge in [-0.2, -0.15) is 0 Å². The molecule has 0 spiro atoms. The Morgan fingerprint density at radius 1 is 1.17 bits per heavy atom. The second-order valence-electron chi connectivity index (χ2n) is 7.53. The molecule has 1 aliphatic rings. The molecule has 0 bridgehead atoms. The Morgan fingerprint density at radius 2 is 1.83 bits per heavy atom. The fraction of sp³-hybridized carbons (Fsp3) is 0.364. The van der Waals surface area contributed by atoms with Gasteiger partial charge >= 0.3 is 0 Å². The third kappa shape index (κ3) is 5.43. The average Bonchev–Trinajstić information content (AvgIpc) is 3.08. The summed E-state index contributed by atoms with van der Waals surface area (Å²) in [5, 5.41) is 4.02. The van der Waals surface area contributed by atoms with Gasteiger partial charge in [0.15, 0.2) is 0 Å². The maximum atomic E-state index is 12.4. The van der Waals surface area contributed by atoms with Crippen LogP contribution in [0.1, 0.15) is 25.8 Å². The largest absolute Gasteiger partial charge is 0.489 e. The Hall–Kier alpha value is -2.24. The molecular weight excluding hydrogens is 411 g/mol. The van der Waals surface area contributed by atoms with Crippen molar-refractivity contribution in [3.8, 4) is 5.75 Å². The minimum atomic E-state index is -0.320. The molecule has 5 nitrogen and oxygen atoms in total. The van der Waals surface area contributed by atoms with Gasteiger partial charge in [-0.25, -0.2) is 0 Å². The van der Waals surface area contributed by atoms with E-state index in [1.807, 2.05) is 26.0 Å². The third-order valence-corrected chi connectivity index (χ3v) is 5.48. The van der Waals surface area contributed by atoms with Crippen LogP contribution >= 0.6 is 23.2 Å². The van der Waals surface area contributed by atoms with Crippen LogP contribution < -0.4 is 15.0 Å². The second kappa shape index (κ2) is 9.51. The molecule has 2 aromatic carbocycles. The number of nitrogens with one attached hydrogen (secondary N) is 1. The predicted molar refractivity (Wildman–Crippen MR) is 116 cm³/mol. The first-order valence-corrected chi connectivity index (χ1v) is 10.3. The number of amides is 2. The predicted octanol–water partition coefficient (Wildman–Crippen LogP) is 4.70. The van der Waals surface area contributed by atoms with Crippen LogP contribution in [0.2, 0.25) is 10.0 Å². The number of benzene rings is 2. The van der Waals surface area contributed by atoms with Crippen LogP contribution in [0.15, 0.2) is 42.5 Å². The summed E-state index contributed by atoms with van der Waals surface area (Å²) in [5.41, 5.74) is 1.47. The van der Waals surface area contributed by atoms with E-state index in [0.717, 1.165) is 11.3 Å². The van der Waals surface area contributed by atoms with Gasteiger partial charge < -0.3 is 15.0 Å². The van der Waals surface area contributed by atoms with E-state index in [1.54, 1.807) is 35.2 Å². The van der Waals surface area contributed by atoms with Crippen molar-refractivity contribution in [1.82, 2.24) is 5.32 Å². The first kappa shape index (κ1) is 21.5. The summed E-state index contributed by atoms with van der Waals surface area (Å²) in [6, 6.07) is 12.5. The number of rotatable bonds is 7. The van der Waals surface area contributed by atoms with E-state index in [-0.39, 0.29) is 30.8 Å². The molecule has 0 unspecified atom stereocenters. The highest BCUT2D eigenvalue weighted by molar-refractivity contribution is 6.35. The first-order valence-electron chi connectivity index (χ1n) is 9.59. The molecule has 0 saturated carbocycles. The number of nitrogens with zero attached hydrogens (tertiary/aromatic N) is 1. The van der Waals surface area contributed by atoms with Gasteiger partial charge in [-0.1, -0.05) is 43.1 Å². The molecule has 1 fully saturated rings. The highest BCUT2D eigenvalue weighted by atomic mass is 35.5. The van der Waals surface area contributed by atoms with Crippen molar-refractivity contribution in [3.63, 3.8) is 0 Å². The van der Waals surface area contributed by atoms with Gasteiger partial charge in [0.05, 0.1) is 5.92 Å². The molecule has 0 aromatic heterocycles. The summed E-state index contributed by atoms with van der Waals surface area (Å²) in [5.74, 6) is 0.583. The van der Waals surface area contributed by atoms with Crippen molar-refractivity contribution in [2.75, 3.05) is 18.0 Å². The maximum absolute atomic E-state index is 12.4. The molecular formula is C22H24Cl2N2O3.